The molecule has 0 aliphatic carbocycles. The number of nitrogens with one attached hydrogen (secondary N) is 1. The highest BCUT2D eigenvalue weighted by Gasteiger charge is 2.15. The molecule has 1 aromatic carbocycles. The molecule has 1 aromatic heterocycles. The Morgan fingerprint density at radius 1 is 1.14 bits per heavy atom. The van der Waals surface area contributed by atoms with Gasteiger partial charge in [0, 0.05) is 10.4 Å². The lowest BCUT2D eigenvalue weighted by Gasteiger charge is -2.16. The summed E-state index contributed by atoms with van der Waals surface area (Å²) < 4.78 is 0. The van der Waals surface area contributed by atoms with Crippen molar-refractivity contribution >= 4 is 17.2 Å². The monoisotopic (exact) mass is 301 g/mol. The van der Waals surface area contributed by atoms with Crippen LogP contribution in [0.15, 0.2) is 35.7 Å². The third-order valence-electron chi connectivity index (χ3n) is 3.61. The summed E-state index contributed by atoms with van der Waals surface area (Å²) in [6.07, 6.45) is 0. The summed E-state index contributed by atoms with van der Waals surface area (Å²) in [6.45, 7) is 9.22. The molecule has 21 heavy (non-hydrogen) atoms. The van der Waals surface area contributed by atoms with Gasteiger partial charge in [-0.25, -0.2) is 0 Å². The molecule has 0 unspecified atom stereocenters. The highest BCUT2D eigenvalue weighted by Crippen LogP contribution is 2.25. The van der Waals surface area contributed by atoms with Crippen molar-refractivity contribution in [2.24, 2.45) is 0 Å². The van der Waals surface area contributed by atoms with Crippen LogP contribution in [-0.2, 0) is 6.54 Å². The SMILES string of the molecule is CC(C)c1ccc(C(=O)NCc2cccs2)c(C(C)C)c1. The highest BCUT2D eigenvalue weighted by molar-refractivity contribution is 7.09. The number of hydrogen-bond acceptors (Lipinski definition) is 2. The van der Waals surface area contributed by atoms with Crippen LogP contribution in [0.2, 0.25) is 0 Å². The second-order valence-electron chi connectivity index (χ2n) is 5.92. The standard InChI is InChI=1S/C18H23NOS/c1-12(2)14-7-8-16(17(10-14)13(3)4)18(20)19-11-15-6-5-9-21-15/h5-10,12-13H,11H2,1-4H3,(H,19,20). The van der Waals surface area contributed by atoms with E-state index in [-0.39, 0.29) is 5.91 Å². The molecule has 1 amide bonds. The van der Waals surface area contributed by atoms with Crippen LogP contribution < -0.4 is 5.32 Å². The van der Waals surface area contributed by atoms with Gasteiger partial charge in [0.2, 0.25) is 0 Å². The van der Waals surface area contributed by atoms with E-state index in [2.05, 4.69) is 45.1 Å². The number of carbonyl (C=O) groups is 1. The lowest BCUT2D eigenvalue weighted by molar-refractivity contribution is 0.0950. The molecule has 1 heterocycles. The Kier molecular flexibility index (Phi) is 5.18. The van der Waals surface area contributed by atoms with E-state index in [1.807, 2.05) is 23.6 Å². The molecule has 0 radical (unpaired) electrons. The van der Waals surface area contributed by atoms with Crippen molar-refractivity contribution in [3.8, 4) is 0 Å². The fraction of sp³-hybridized carbons (Fsp3) is 0.389. The van der Waals surface area contributed by atoms with Crippen molar-refractivity contribution in [3.63, 3.8) is 0 Å². The summed E-state index contributed by atoms with van der Waals surface area (Å²) in [5.41, 5.74) is 3.21. The summed E-state index contributed by atoms with van der Waals surface area (Å²) in [4.78, 5) is 13.6. The molecular formula is C18H23NOS. The first kappa shape index (κ1) is 15.8. The van der Waals surface area contributed by atoms with Crippen molar-refractivity contribution in [2.75, 3.05) is 0 Å². The first-order valence-electron chi connectivity index (χ1n) is 7.43. The van der Waals surface area contributed by atoms with Crippen molar-refractivity contribution in [1.29, 1.82) is 0 Å². The van der Waals surface area contributed by atoms with Gasteiger partial charge in [0.25, 0.3) is 5.91 Å². The number of amides is 1. The molecule has 0 saturated carbocycles. The van der Waals surface area contributed by atoms with Crippen LogP contribution in [0.3, 0.4) is 0 Å². The summed E-state index contributed by atoms with van der Waals surface area (Å²) in [6, 6.07) is 10.2. The first-order valence-corrected chi connectivity index (χ1v) is 8.31. The number of hydrogen-bond donors (Lipinski definition) is 1. The van der Waals surface area contributed by atoms with Crippen molar-refractivity contribution < 1.29 is 4.79 Å². The van der Waals surface area contributed by atoms with E-state index in [4.69, 9.17) is 0 Å². The van der Waals surface area contributed by atoms with Gasteiger partial charge in [-0.15, -0.1) is 11.3 Å². The van der Waals surface area contributed by atoms with Crippen LogP contribution in [-0.4, -0.2) is 5.91 Å². The Labute approximate surface area is 131 Å². The van der Waals surface area contributed by atoms with E-state index in [9.17, 15) is 4.79 Å². The molecular weight excluding hydrogens is 278 g/mol. The third kappa shape index (κ3) is 3.94. The predicted octanol–water partition coefficient (Wildman–Crippen LogP) is 4.92. The van der Waals surface area contributed by atoms with E-state index in [0.29, 0.717) is 18.4 Å². The number of carbonyl (C=O) groups excluding carboxylic acids is 1. The molecule has 2 nitrogen and oxygen atoms in total. The summed E-state index contributed by atoms with van der Waals surface area (Å²) in [7, 11) is 0. The fourth-order valence-electron chi connectivity index (χ4n) is 2.30. The Morgan fingerprint density at radius 3 is 2.48 bits per heavy atom. The zero-order valence-electron chi connectivity index (χ0n) is 13.1. The average molecular weight is 301 g/mol. The quantitative estimate of drug-likeness (QED) is 0.834. The van der Waals surface area contributed by atoms with Gasteiger partial charge in [-0.1, -0.05) is 45.9 Å². The molecule has 2 rings (SSSR count). The molecule has 3 heteroatoms. The third-order valence-corrected chi connectivity index (χ3v) is 4.49. The Balaban J connectivity index is 2.19. The molecule has 0 bridgehead atoms. The minimum absolute atomic E-state index is 0.0161. The van der Waals surface area contributed by atoms with E-state index >= 15 is 0 Å². The van der Waals surface area contributed by atoms with Gasteiger partial charge in [0.1, 0.15) is 0 Å². The maximum Gasteiger partial charge on any atom is 0.251 e. The Morgan fingerprint density at radius 2 is 1.90 bits per heavy atom. The first-order chi connectivity index (χ1) is 9.99. The van der Waals surface area contributed by atoms with Crippen molar-refractivity contribution in [3.05, 3.63) is 57.3 Å². The van der Waals surface area contributed by atoms with Gasteiger partial charge in [0.15, 0.2) is 0 Å². The maximum atomic E-state index is 12.4. The van der Waals surface area contributed by atoms with E-state index in [1.165, 1.54) is 10.4 Å². The highest BCUT2D eigenvalue weighted by atomic mass is 32.1. The van der Waals surface area contributed by atoms with E-state index < -0.39 is 0 Å². The second kappa shape index (κ2) is 6.90. The van der Waals surface area contributed by atoms with Crippen LogP contribution in [0.25, 0.3) is 0 Å². The van der Waals surface area contributed by atoms with Crippen LogP contribution in [0.4, 0.5) is 0 Å². The van der Waals surface area contributed by atoms with Crippen LogP contribution in [0.5, 0.6) is 0 Å². The van der Waals surface area contributed by atoms with Crippen LogP contribution >= 0.6 is 11.3 Å². The molecule has 0 atom stereocenters. The maximum absolute atomic E-state index is 12.4. The zero-order chi connectivity index (χ0) is 15.4. The fourth-order valence-corrected chi connectivity index (χ4v) is 2.95. The summed E-state index contributed by atoms with van der Waals surface area (Å²) in [5.74, 6) is 0.833. The van der Waals surface area contributed by atoms with E-state index in [0.717, 1.165) is 11.1 Å². The smallest absolute Gasteiger partial charge is 0.251 e. The summed E-state index contributed by atoms with van der Waals surface area (Å²) in [5, 5.41) is 5.04. The summed E-state index contributed by atoms with van der Waals surface area (Å²) >= 11 is 1.66. The minimum Gasteiger partial charge on any atom is -0.347 e. The zero-order valence-corrected chi connectivity index (χ0v) is 14.0. The average Bonchev–Trinajstić information content (AvgIpc) is 2.97. The van der Waals surface area contributed by atoms with Crippen molar-refractivity contribution in [1.82, 2.24) is 5.32 Å². The van der Waals surface area contributed by atoms with Gasteiger partial charge < -0.3 is 5.32 Å². The molecule has 0 fully saturated rings. The normalized spacial score (nSPS) is 11.1. The Hall–Kier alpha value is -1.61. The lowest BCUT2D eigenvalue weighted by Crippen LogP contribution is -2.24. The molecule has 0 spiro atoms. The van der Waals surface area contributed by atoms with Gasteiger partial charge >= 0.3 is 0 Å². The molecule has 112 valence electrons. The van der Waals surface area contributed by atoms with Crippen LogP contribution in [0.1, 0.15) is 65.9 Å². The number of rotatable bonds is 5. The van der Waals surface area contributed by atoms with E-state index in [1.54, 1.807) is 11.3 Å². The van der Waals surface area contributed by atoms with Gasteiger partial charge in [0.05, 0.1) is 6.54 Å². The predicted molar refractivity (Wildman–Crippen MR) is 90.1 cm³/mol. The molecule has 0 saturated heterocycles. The van der Waals surface area contributed by atoms with Gasteiger partial charge in [-0.2, -0.15) is 0 Å². The lowest BCUT2D eigenvalue weighted by atomic mass is 9.91. The minimum atomic E-state index is 0.0161. The van der Waals surface area contributed by atoms with Crippen molar-refractivity contribution in [2.45, 2.75) is 46.1 Å². The second-order valence-corrected chi connectivity index (χ2v) is 6.95. The largest absolute Gasteiger partial charge is 0.347 e. The Bertz CT molecular complexity index is 600. The topological polar surface area (TPSA) is 29.1 Å². The molecule has 0 aliphatic heterocycles. The number of thiophene rings is 1. The molecule has 1 N–H and O–H groups in total. The van der Waals surface area contributed by atoms with Crippen LogP contribution in [0, 0.1) is 0 Å². The van der Waals surface area contributed by atoms with Gasteiger partial charge in [-0.05, 0) is 40.5 Å². The number of benzene rings is 1. The molecule has 0 aliphatic rings. The molecule has 2 aromatic rings. The van der Waals surface area contributed by atoms with Gasteiger partial charge in [-0.3, -0.25) is 4.79 Å².